The van der Waals surface area contributed by atoms with Crippen LogP contribution in [0.1, 0.15) is 19.4 Å². The van der Waals surface area contributed by atoms with Crippen LogP contribution in [0.25, 0.3) is 0 Å². The summed E-state index contributed by atoms with van der Waals surface area (Å²) in [6.45, 7) is 6.86. The first-order valence-electron chi connectivity index (χ1n) is 5.75. The highest BCUT2D eigenvalue weighted by Crippen LogP contribution is 2.22. The normalized spacial score (nSPS) is 11.7. The van der Waals surface area contributed by atoms with Crippen molar-refractivity contribution in [1.82, 2.24) is 4.98 Å². The molecule has 1 heterocycles. The minimum atomic E-state index is -0.460. The van der Waals surface area contributed by atoms with E-state index in [0.29, 0.717) is 18.9 Å². The number of aromatic nitrogens is 1. The zero-order valence-electron chi connectivity index (χ0n) is 10.8. The van der Waals surface area contributed by atoms with Crippen LogP contribution in [0.4, 0.5) is 11.5 Å². The van der Waals surface area contributed by atoms with E-state index in [1.807, 2.05) is 18.7 Å². The molecule has 6 heteroatoms. The zero-order valence-corrected chi connectivity index (χ0v) is 10.8. The van der Waals surface area contributed by atoms with E-state index in [-0.39, 0.29) is 11.6 Å². The van der Waals surface area contributed by atoms with E-state index in [1.165, 1.54) is 12.3 Å². The van der Waals surface area contributed by atoms with Crippen LogP contribution < -0.4 is 4.90 Å². The average Bonchev–Trinajstić information content (AvgIpc) is 2.35. The molecule has 0 amide bonds. The standard InChI is InChI=1S/C12H16N4O2/c1-4-15(8-9(2)6-13)12-10(3)5-11(7-14-12)16(17)18/h5,7,9H,4,8H2,1-3H3. The molecule has 0 aliphatic rings. The van der Waals surface area contributed by atoms with Gasteiger partial charge in [-0.05, 0) is 26.3 Å². The van der Waals surface area contributed by atoms with Crippen molar-refractivity contribution >= 4 is 11.5 Å². The molecular formula is C12H16N4O2. The van der Waals surface area contributed by atoms with Gasteiger partial charge in [0.1, 0.15) is 12.0 Å². The maximum absolute atomic E-state index is 10.6. The molecule has 0 radical (unpaired) electrons. The molecule has 0 aromatic carbocycles. The maximum atomic E-state index is 10.6. The second-order valence-electron chi connectivity index (χ2n) is 4.16. The highest BCUT2D eigenvalue weighted by atomic mass is 16.6. The van der Waals surface area contributed by atoms with E-state index in [0.717, 1.165) is 5.56 Å². The molecule has 0 spiro atoms. The van der Waals surface area contributed by atoms with Gasteiger partial charge in [-0.1, -0.05) is 0 Å². The van der Waals surface area contributed by atoms with Gasteiger partial charge in [-0.15, -0.1) is 0 Å². The molecular weight excluding hydrogens is 232 g/mol. The van der Waals surface area contributed by atoms with Gasteiger partial charge in [-0.3, -0.25) is 10.1 Å². The molecule has 1 aromatic heterocycles. The van der Waals surface area contributed by atoms with Gasteiger partial charge in [-0.2, -0.15) is 5.26 Å². The largest absolute Gasteiger partial charge is 0.355 e. The summed E-state index contributed by atoms with van der Waals surface area (Å²) in [7, 11) is 0. The topological polar surface area (TPSA) is 83.1 Å². The lowest BCUT2D eigenvalue weighted by Crippen LogP contribution is -2.29. The minimum Gasteiger partial charge on any atom is -0.355 e. The number of pyridine rings is 1. The van der Waals surface area contributed by atoms with Crippen molar-refractivity contribution in [3.8, 4) is 6.07 Å². The van der Waals surface area contributed by atoms with E-state index in [4.69, 9.17) is 5.26 Å². The third kappa shape index (κ3) is 3.17. The monoisotopic (exact) mass is 248 g/mol. The van der Waals surface area contributed by atoms with E-state index in [2.05, 4.69) is 11.1 Å². The highest BCUT2D eigenvalue weighted by Gasteiger charge is 2.15. The number of rotatable bonds is 5. The van der Waals surface area contributed by atoms with Crippen LogP contribution in [-0.4, -0.2) is 23.0 Å². The summed E-state index contributed by atoms with van der Waals surface area (Å²) in [5, 5.41) is 19.5. The Kier molecular flexibility index (Phi) is 4.60. The van der Waals surface area contributed by atoms with Crippen LogP contribution in [-0.2, 0) is 0 Å². The first kappa shape index (κ1) is 13.9. The van der Waals surface area contributed by atoms with Gasteiger partial charge >= 0.3 is 0 Å². The van der Waals surface area contributed by atoms with Crippen molar-refractivity contribution in [1.29, 1.82) is 5.26 Å². The summed E-state index contributed by atoms with van der Waals surface area (Å²) in [6.07, 6.45) is 1.25. The molecule has 6 nitrogen and oxygen atoms in total. The molecule has 0 N–H and O–H groups in total. The molecule has 0 fully saturated rings. The Balaban J connectivity index is 3.00. The third-order valence-electron chi connectivity index (χ3n) is 2.64. The van der Waals surface area contributed by atoms with Crippen LogP contribution in [0.15, 0.2) is 12.3 Å². The van der Waals surface area contributed by atoms with Crippen molar-refractivity contribution in [3.63, 3.8) is 0 Å². The molecule has 1 aromatic rings. The van der Waals surface area contributed by atoms with Gasteiger partial charge in [0, 0.05) is 19.2 Å². The Morgan fingerprint density at radius 3 is 2.78 bits per heavy atom. The lowest BCUT2D eigenvalue weighted by molar-refractivity contribution is -0.385. The number of hydrogen-bond acceptors (Lipinski definition) is 5. The molecule has 1 atom stereocenters. The Labute approximate surface area is 106 Å². The van der Waals surface area contributed by atoms with E-state index < -0.39 is 4.92 Å². The molecule has 0 aliphatic heterocycles. The first-order valence-corrected chi connectivity index (χ1v) is 5.75. The fraction of sp³-hybridized carbons (Fsp3) is 0.500. The van der Waals surface area contributed by atoms with Crippen LogP contribution in [0.2, 0.25) is 0 Å². The Morgan fingerprint density at radius 1 is 1.67 bits per heavy atom. The van der Waals surface area contributed by atoms with Gasteiger partial charge in [0.15, 0.2) is 0 Å². The molecule has 0 saturated heterocycles. The van der Waals surface area contributed by atoms with Crippen molar-refractivity contribution in [3.05, 3.63) is 27.9 Å². The molecule has 0 bridgehead atoms. The van der Waals surface area contributed by atoms with Crippen LogP contribution >= 0.6 is 0 Å². The molecule has 96 valence electrons. The summed E-state index contributed by atoms with van der Waals surface area (Å²) >= 11 is 0. The molecule has 1 unspecified atom stereocenters. The third-order valence-corrected chi connectivity index (χ3v) is 2.64. The number of nitro groups is 1. The average molecular weight is 248 g/mol. The van der Waals surface area contributed by atoms with Crippen LogP contribution in [0, 0.1) is 34.3 Å². The van der Waals surface area contributed by atoms with E-state index >= 15 is 0 Å². The lowest BCUT2D eigenvalue weighted by Gasteiger charge is -2.24. The summed E-state index contributed by atoms with van der Waals surface area (Å²) in [5.74, 6) is 0.589. The van der Waals surface area contributed by atoms with Crippen molar-refractivity contribution in [2.75, 3.05) is 18.0 Å². The van der Waals surface area contributed by atoms with Gasteiger partial charge in [0.2, 0.25) is 0 Å². The number of nitriles is 1. The Hall–Kier alpha value is -2.16. The second kappa shape index (κ2) is 5.96. The number of nitrogens with zero attached hydrogens (tertiary/aromatic N) is 4. The fourth-order valence-electron chi connectivity index (χ4n) is 1.72. The Bertz CT molecular complexity index is 481. The SMILES string of the molecule is CCN(CC(C)C#N)c1ncc([N+](=O)[O-])cc1C. The zero-order chi connectivity index (χ0) is 13.7. The molecule has 1 rings (SSSR count). The molecule has 0 aliphatic carbocycles. The van der Waals surface area contributed by atoms with Crippen LogP contribution in [0.3, 0.4) is 0 Å². The summed E-state index contributed by atoms with van der Waals surface area (Å²) in [4.78, 5) is 16.3. The first-order chi connectivity index (χ1) is 8.49. The van der Waals surface area contributed by atoms with Crippen molar-refractivity contribution < 1.29 is 4.92 Å². The summed E-state index contributed by atoms with van der Waals surface area (Å²) < 4.78 is 0. The number of anilines is 1. The van der Waals surface area contributed by atoms with E-state index in [1.54, 1.807) is 6.92 Å². The van der Waals surface area contributed by atoms with Gasteiger partial charge in [0.05, 0.1) is 16.9 Å². The maximum Gasteiger partial charge on any atom is 0.287 e. The van der Waals surface area contributed by atoms with Gasteiger partial charge < -0.3 is 4.90 Å². The van der Waals surface area contributed by atoms with Crippen LogP contribution in [0.5, 0.6) is 0 Å². The lowest BCUT2D eigenvalue weighted by atomic mass is 10.1. The van der Waals surface area contributed by atoms with Gasteiger partial charge in [-0.25, -0.2) is 4.98 Å². The summed E-state index contributed by atoms with van der Waals surface area (Å²) in [5.41, 5.74) is 0.733. The number of aryl methyl sites for hydroxylation is 1. The summed E-state index contributed by atoms with van der Waals surface area (Å²) in [6, 6.07) is 3.67. The minimum absolute atomic E-state index is 0.0133. The molecule has 0 saturated carbocycles. The smallest absolute Gasteiger partial charge is 0.287 e. The van der Waals surface area contributed by atoms with Crippen molar-refractivity contribution in [2.24, 2.45) is 5.92 Å². The quantitative estimate of drug-likeness (QED) is 0.589. The predicted octanol–water partition coefficient (Wildman–Crippen LogP) is 2.28. The number of hydrogen-bond donors (Lipinski definition) is 0. The Morgan fingerprint density at radius 2 is 2.33 bits per heavy atom. The highest BCUT2D eigenvalue weighted by molar-refractivity contribution is 5.50. The second-order valence-corrected chi connectivity index (χ2v) is 4.16. The fourth-order valence-corrected chi connectivity index (χ4v) is 1.72. The molecule has 18 heavy (non-hydrogen) atoms. The van der Waals surface area contributed by atoms with E-state index in [9.17, 15) is 10.1 Å². The van der Waals surface area contributed by atoms with Gasteiger partial charge in [0.25, 0.3) is 5.69 Å². The predicted molar refractivity (Wildman–Crippen MR) is 68.3 cm³/mol. The van der Waals surface area contributed by atoms with Crippen molar-refractivity contribution in [2.45, 2.75) is 20.8 Å².